The number of carbonyl (C=O) groups is 3. The molecule has 0 bridgehead atoms. The van der Waals surface area contributed by atoms with Crippen LogP contribution in [0, 0.1) is 5.82 Å². The van der Waals surface area contributed by atoms with Gasteiger partial charge in [-0.2, -0.15) is 0 Å². The van der Waals surface area contributed by atoms with Crippen molar-refractivity contribution in [3.8, 4) is 0 Å². The number of thiazole rings is 1. The highest BCUT2D eigenvalue weighted by Gasteiger charge is 2.20. The summed E-state index contributed by atoms with van der Waals surface area (Å²) in [6.07, 6.45) is 2.80. The van der Waals surface area contributed by atoms with Crippen LogP contribution in [0.3, 0.4) is 0 Å². The molecule has 9 heteroatoms. The third-order valence-electron chi connectivity index (χ3n) is 4.94. The average molecular weight is 481 g/mol. The van der Waals surface area contributed by atoms with Crippen LogP contribution in [0.4, 0.5) is 20.9 Å². The second-order valence-corrected chi connectivity index (χ2v) is 8.08. The number of hydrogen-bond donors (Lipinski definition) is 1. The standard InChI is InChI=1S/C25H25FN4O3S/c1-4-29(5-2)24(33)18-9-8-10-19(15-18)27-23(32)14-13-20-16-34-25(28-20)30(17(3)31)22-12-7-6-11-21(22)26/h6-16H,4-5H2,1-3H3,(H,27,32)/b14-13+. The monoisotopic (exact) mass is 480 g/mol. The van der Waals surface area contributed by atoms with Gasteiger partial charge in [-0.1, -0.05) is 18.2 Å². The van der Waals surface area contributed by atoms with E-state index in [2.05, 4.69) is 10.3 Å². The third-order valence-corrected chi connectivity index (χ3v) is 5.79. The van der Waals surface area contributed by atoms with Crippen molar-refractivity contribution in [2.75, 3.05) is 23.3 Å². The number of nitrogens with one attached hydrogen (secondary N) is 1. The van der Waals surface area contributed by atoms with Crippen molar-refractivity contribution in [1.29, 1.82) is 0 Å². The quantitative estimate of drug-likeness (QED) is 0.455. The van der Waals surface area contributed by atoms with Crippen LogP contribution in [0.25, 0.3) is 6.08 Å². The summed E-state index contributed by atoms with van der Waals surface area (Å²) in [7, 11) is 0. The van der Waals surface area contributed by atoms with E-state index in [-0.39, 0.29) is 17.5 Å². The number of benzene rings is 2. The molecular formula is C25H25FN4O3S. The van der Waals surface area contributed by atoms with Gasteiger partial charge >= 0.3 is 0 Å². The van der Waals surface area contributed by atoms with E-state index in [0.717, 1.165) is 11.3 Å². The predicted octanol–water partition coefficient (Wildman–Crippen LogP) is 5.10. The van der Waals surface area contributed by atoms with Crippen molar-refractivity contribution in [2.45, 2.75) is 20.8 Å². The molecule has 1 N–H and O–H groups in total. The number of aromatic nitrogens is 1. The number of para-hydroxylation sites is 1. The maximum absolute atomic E-state index is 14.2. The Morgan fingerprint density at radius 1 is 1.09 bits per heavy atom. The molecule has 0 radical (unpaired) electrons. The normalized spacial score (nSPS) is 10.8. The van der Waals surface area contributed by atoms with E-state index >= 15 is 0 Å². The first-order valence-electron chi connectivity index (χ1n) is 10.7. The van der Waals surface area contributed by atoms with Crippen LogP contribution in [-0.4, -0.2) is 40.7 Å². The lowest BCUT2D eigenvalue weighted by Crippen LogP contribution is -2.30. The first-order chi connectivity index (χ1) is 16.3. The highest BCUT2D eigenvalue weighted by molar-refractivity contribution is 7.14. The Morgan fingerprint density at radius 3 is 2.50 bits per heavy atom. The Bertz CT molecular complexity index is 1220. The molecule has 1 heterocycles. The van der Waals surface area contributed by atoms with Gasteiger partial charge in [-0.25, -0.2) is 9.37 Å². The third kappa shape index (κ3) is 5.93. The maximum atomic E-state index is 14.2. The number of nitrogens with zero attached hydrogens (tertiary/aromatic N) is 3. The molecule has 0 spiro atoms. The molecule has 0 unspecified atom stereocenters. The number of carbonyl (C=O) groups excluding carboxylic acids is 3. The van der Waals surface area contributed by atoms with Crippen molar-refractivity contribution < 1.29 is 18.8 Å². The zero-order valence-electron chi connectivity index (χ0n) is 19.1. The van der Waals surface area contributed by atoms with Gasteiger partial charge in [0.15, 0.2) is 5.13 Å². The molecule has 1 aromatic heterocycles. The van der Waals surface area contributed by atoms with Gasteiger partial charge in [0.05, 0.1) is 11.4 Å². The van der Waals surface area contributed by atoms with E-state index in [1.54, 1.807) is 46.7 Å². The van der Waals surface area contributed by atoms with Gasteiger partial charge in [0, 0.05) is 42.7 Å². The zero-order chi connectivity index (χ0) is 24.7. The summed E-state index contributed by atoms with van der Waals surface area (Å²) < 4.78 is 14.2. The molecule has 34 heavy (non-hydrogen) atoms. The van der Waals surface area contributed by atoms with Crippen molar-refractivity contribution in [3.63, 3.8) is 0 Å². The molecule has 176 valence electrons. The Labute approximate surface area is 201 Å². The Kier molecular flexibility index (Phi) is 8.26. The van der Waals surface area contributed by atoms with E-state index in [9.17, 15) is 18.8 Å². The molecular weight excluding hydrogens is 455 g/mol. The summed E-state index contributed by atoms with van der Waals surface area (Å²) in [5.74, 6) is -1.42. The van der Waals surface area contributed by atoms with Crippen molar-refractivity contribution in [2.24, 2.45) is 0 Å². The highest BCUT2D eigenvalue weighted by atomic mass is 32.1. The lowest BCUT2D eigenvalue weighted by atomic mass is 10.1. The summed E-state index contributed by atoms with van der Waals surface area (Å²) >= 11 is 1.16. The van der Waals surface area contributed by atoms with Crippen LogP contribution in [-0.2, 0) is 9.59 Å². The van der Waals surface area contributed by atoms with Crippen LogP contribution in [0.2, 0.25) is 0 Å². The van der Waals surface area contributed by atoms with Gasteiger partial charge in [-0.3, -0.25) is 19.3 Å². The second kappa shape index (κ2) is 11.3. The van der Waals surface area contributed by atoms with E-state index in [0.29, 0.717) is 35.2 Å². The summed E-state index contributed by atoms with van der Waals surface area (Å²) in [5, 5.41) is 4.69. The smallest absolute Gasteiger partial charge is 0.253 e. The lowest BCUT2D eigenvalue weighted by molar-refractivity contribution is -0.116. The van der Waals surface area contributed by atoms with Crippen LogP contribution in [0.1, 0.15) is 36.8 Å². The maximum Gasteiger partial charge on any atom is 0.253 e. The minimum Gasteiger partial charge on any atom is -0.339 e. The molecule has 0 saturated heterocycles. The van der Waals surface area contributed by atoms with E-state index < -0.39 is 11.7 Å². The van der Waals surface area contributed by atoms with E-state index in [1.807, 2.05) is 13.8 Å². The van der Waals surface area contributed by atoms with Gasteiger partial charge in [0.2, 0.25) is 11.8 Å². The Hall–Kier alpha value is -3.85. The average Bonchev–Trinajstić information content (AvgIpc) is 3.28. The van der Waals surface area contributed by atoms with Gasteiger partial charge < -0.3 is 10.2 Å². The fraction of sp³-hybridized carbons (Fsp3) is 0.200. The van der Waals surface area contributed by atoms with Gasteiger partial charge in [0.25, 0.3) is 5.91 Å². The zero-order valence-corrected chi connectivity index (χ0v) is 19.9. The minimum absolute atomic E-state index is 0.100. The summed E-state index contributed by atoms with van der Waals surface area (Å²) in [6.45, 7) is 6.35. The van der Waals surface area contributed by atoms with Crippen LogP contribution < -0.4 is 10.2 Å². The highest BCUT2D eigenvalue weighted by Crippen LogP contribution is 2.31. The predicted molar refractivity (Wildman–Crippen MR) is 133 cm³/mol. The number of hydrogen-bond acceptors (Lipinski definition) is 5. The number of amides is 3. The molecule has 0 atom stereocenters. The fourth-order valence-corrected chi connectivity index (χ4v) is 4.11. The molecule has 3 rings (SSSR count). The first kappa shape index (κ1) is 24.8. The first-order valence-corrected chi connectivity index (χ1v) is 11.6. The van der Waals surface area contributed by atoms with Gasteiger partial charge in [0.1, 0.15) is 5.82 Å². The molecule has 0 aliphatic heterocycles. The lowest BCUT2D eigenvalue weighted by Gasteiger charge is -2.18. The molecule has 2 aromatic carbocycles. The van der Waals surface area contributed by atoms with E-state index in [1.165, 1.54) is 36.1 Å². The number of rotatable bonds is 8. The number of halogens is 1. The molecule has 0 fully saturated rings. The minimum atomic E-state index is -0.536. The summed E-state index contributed by atoms with van der Waals surface area (Å²) in [5.41, 5.74) is 1.54. The molecule has 3 amide bonds. The molecule has 0 aliphatic carbocycles. The van der Waals surface area contributed by atoms with Crippen LogP contribution in [0.15, 0.2) is 60.0 Å². The number of anilines is 3. The molecule has 0 aliphatic rings. The van der Waals surface area contributed by atoms with Gasteiger partial charge in [-0.05, 0) is 50.3 Å². The topological polar surface area (TPSA) is 82.6 Å². The van der Waals surface area contributed by atoms with Gasteiger partial charge in [-0.15, -0.1) is 11.3 Å². The van der Waals surface area contributed by atoms with Crippen molar-refractivity contribution >= 4 is 51.6 Å². The van der Waals surface area contributed by atoms with Crippen LogP contribution >= 0.6 is 11.3 Å². The Morgan fingerprint density at radius 2 is 1.82 bits per heavy atom. The fourth-order valence-electron chi connectivity index (χ4n) is 3.26. The van der Waals surface area contributed by atoms with Crippen molar-refractivity contribution in [1.82, 2.24) is 9.88 Å². The largest absolute Gasteiger partial charge is 0.339 e. The Balaban J connectivity index is 1.71. The van der Waals surface area contributed by atoms with Crippen LogP contribution in [0.5, 0.6) is 0 Å². The van der Waals surface area contributed by atoms with Crippen molar-refractivity contribution in [3.05, 3.63) is 77.1 Å². The SMILES string of the molecule is CCN(CC)C(=O)c1cccc(NC(=O)/C=C/c2csc(N(C(C)=O)c3ccccc3F)n2)c1. The second-order valence-electron chi connectivity index (χ2n) is 7.24. The molecule has 3 aromatic rings. The molecule has 7 nitrogen and oxygen atoms in total. The van der Waals surface area contributed by atoms with E-state index in [4.69, 9.17) is 0 Å². The molecule has 0 saturated carbocycles. The summed E-state index contributed by atoms with van der Waals surface area (Å²) in [4.78, 5) is 44.3. The summed E-state index contributed by atoms with van der Waals surface area (Å²) in [6, 6.07) is 12.7.